The Morgan fingerprint density at radius 3 is 2.12 bits per heavy atom. The van der Waals surface area contributed by atoms with Crippen LogP contribution in [0.3, 0.4) is 0 Å². The monoisotopic (exact) mass is 339 g/mol. The summed E-state index contributed by atoms with van der Waals surface area (Å²) in [5, 5.41) is 2.05. The van der Waals surface area contributed by atoms with Gasteiger partial charge in [-0.15, -0.1) is 0 Å². The van der Waals surface area contributed by atoms with Crippen molar-refractivity contribution in [3.05, 3.63) is 60.9 Å². The molecule has 0 saturated carbocycles. The number of hydrogen-bond donors (Lipinski definition) is 1. The predicted molar refractivity (Wildman–Crippen MR) is 106 cm³/mol. The number of nitrogens with zero attached hydrogens (tertiary/aromatic N) is 4. The number of rotatable bonds is 2. The summed E-state index contributed by atoms with van der Waals surface area (Å²) in [5.74, 6) is 0.854. The van der Waals surface area contributed by atoms with E-state index in [0.29, 0.717) is 0 Å². The van der Waals surface area contributed by atoms with Crippen molar-refractivity contribution >= 4 is 38.5 Å². The summed E-state index contributed by atoms with van der Waals surface area (Å²) in [6.07, 6.45) is 3.61. The molecule has 126 valence electrons. The molecule has 5 aromatic rings. The highest BCUT2D eigenvalue weighted by Crippen LogP contribution is 2.33. The number of anilines is 1. The molecule has 5 heteroatoms. The van der Waals surface area contributed by atoms with Crippen molar-refractivity contribution in [2.24, 2.45) is 0 Å². The van der Waals surface area contributed by atoms with E-state index < -0.39 is 0 Å². The Balaban J connectivity index is 1.82. The number of H-pyrrole nitrogens is 1. The normalized spacial score (nSPS) is 11.5. The average Bonchev–Trinajstić information content (AvgIpc) is 3.14. The second-order valence-corrected chi connectivity index (χ2v) is 6.55. The molecule has 0 aliphatic heterocycles. The minimum atomic E-state index is 0.854. The third kappa shape index (κ3) is 2.14. The van der Waals surface area contributed by atoms with Crippen molar-refractivity contribution in [2.45, 2.75) is 0 Å². The molecule has 3 heterocycles. The number of hydrogen-bond acceptors (Lipinski definition) is 4. The quantitative estimate of drug-likeness (QED) is 0.485. The number of nitrogens with one attached hydrogen (secondary N) is 1. The van der Waals surface area contributed by atoms with Gasteiger partial charge in [-0.1, -0.05) is 0 Å². The molecule has 0 radical (unpaired) electrons. The fraction of sp³-hybridized carbons (Fsp3) is 0.0952. The van der Waals surface area contributed by atoms with Gasteiger partial charge >= 0.3 is 0 Å². The van der Waals surface area contributed by atoms with Crippen molar-refractivity contribution in [3.63, 3.8) is 0 Å². The summed E-state index contributed by atoms with van der Waals surface area (Å²) in [6.45, 7) is 0. The zero-order chi connectivity index (χ0) is 17.7. The second kappa shape index (κ2) is 5.52. The van der Waals surface area contributed by atoms with Gasteiger partial charge < -0.3 is 9.88 Å². The Bertz CT molecular complexity index is 1180. The molecule has 3 aromatic heterocycles. The standard InChI is InChI=1S/C21H17N5/c1-26(2)14-9-7-13(8-10-14)21-24-19-15-5-3-11-22-17(15)18-16(20(19)25-21)6-4-12-23-18/h3-12H,1-2H3,(H,24,25). The molecular formula is C21H17N5. The third-order valence-corrected chi connectivity index (χ3v) is 4.73. The molecule has 0 aliphatic carbocycles. The molecule has 0 aliphatic rings. The lowest BCUT2D eigenvalue weighted by Gasteiger charge is -2.12. The van der Waals surface area contributed by atoms with Crippen LogP contribution < -0.4 is 4.90 Å². The minimum Gasteiger partial charge on any atom is -0.378 e. The number of benzene rings is 2. The van der Waals surface area contributed by atoms with Gasteiger partial charge in [-0.05, 0) is 48.5 Å². The molecule has 5 nitrogen and oxygen atoms in total. The van der Waals surface area contributed by atoms with E-state index in [2.05, 4.69) is 56.3 Å². The number of fused-ring (bicyclic) bond motifs is 6. The zero-order valence-electron chi connectivity index (χ0n) is 14.6. The van der Waals surface area contributed by atoms with Gasteiger partial charge in [0.05, 0.1) is 22.1 Å². The van der Waals surface area contributed by atoms with E-state index in [0.717, 1.165) is 49.9 Å². The largest absolute Gasteiger partial charge is 0.378 e. The number of pyridine rings is 2. The van der Waals surface area contributed by atoms with E-state index in [-0.39, 0.29) is 0 Å². The Kier molecular flexibility index (Phi) is 3.15. The highest BCUT2D eigenvalue weighted by atomic mass is 15.1. The Labute approximate surface area is 150 Å². The van der Waals surface area contributed by atoms with E-state index in [1.807, 2.05) is 26.2 Å². The van der Waals surface area contributed by atoms with Gasteiger partial charge in [-0.25, -0.2) is 4.98 Å². The van der Waals surface area contributed by atoms with E-state index in [1.54, 1.807) is 12.4 Å². The lowest BCUT2D eigenvalue weighted by Crippen LogP contribution is -2.07. The summed E-state index contributed by atoms with van der Waals surface area (Å²) in [6, 6.07) is 16.4. The summed E-state index contributed by atoms with van der Waals surface area (Å²) >= 11 is 0. The molecule has 0 unspecified atom stereocenters. The Morgan fingerprint density at radius 2 is 1.42 bits per heavy atom. The van der Waals surface area contributed by atoms with E-state index in [1.165, 1.54) is 0 Å². The molecule has 0 bridgehead atoms. The van der Waals surface area contributed by atoms with E-state index >= 15 is 0 Å². The summed E-state index contributed by atoms with van der Waals surface area (Å²) < 4.78 is 0. The van der Waals surface area contributed by atoms with Crippen LogP contribution in [0.2, 0.25) is 0 Å². The van der Waals surface area contributed by atoms with Gasteiger partial charge in [0.2, 0.25) is 0 Å². The maximum atomic E-state index is 4.90. The van der Waals surface area contributed by atoms with Gasteiger partial charge in [0.1, 0.15) is 5.82 Å². The van der Waals surface area contributed by atoms with Crippen molar-refractivity contribution < 1.29 is 0 Å². The molecular weight excluding hydrogens is 322 g/mol. The van der Waals surface area contributed by atoms with Crippen LogP contribution in [-0.2, 0) is 0 Å². The molecule has 26 heavy (non-hydrogen) atoms. The van der Waals surface area contributed by atoms with Crippen LogP contribution in [0.15, 0.2) is 60.9 Å². The molecule has 0 saturated heterocycles. The molecule has 5 rings (SSSR count). The van der Waals surface area contributed by atoms with Crippen molar-refractivity contribution in [1.82, 2.24) is 19.9 Å². The van der Waals surface area contributed by atoms with Gasteiger partial charge in [-0.2, -0.15) is 0 Å². The first-order valence-corrected chi connectivity index (χ1v) is 8.51. The highest BCUT2D eigenvalue weighted by Gasteiger charge is 2.14. The van der Waals surface area contributed by atoms with Gasteiger partial charge in [0, 0.05) is 48.5 Å². The number of imidazole rings is 1. The van der Waals surface area contributed by atoms with Crippen molar-refractivity contribution in [3.8, 4) is 11.4 Å². The fourth-order valence-corrected chi connectivity index (χ4v) is 3.40. The van der Waals surface area contributed by atoms with Crippen LogP contribution in [-0.4, -0.2) is 34.0 Å². The van der Waals surface area contributed by atoms with Crippen molar-refractivity contribution in [1.29, 1.82) is 0 Å². The molecule has 0 atom stereocenters. The fourth-order valence-electron chi connectivity index (χ4n) is 3.40. The average molecular weight is 339 g/mol. The zero-order valence-corrected chi connectivity index (χ0v) is 14.6. The minimum absolute atomic E-state index is 0.854. The van der Waals surface area contributed by atoms with E-state index in [4.69, 9.17) is 4.98 Å². The molecule has 1 N–H and O–H groups in total. The van der Waals surface area contributed by atoms with Gasteiger partial charge in [-0.3, -0.25) is 9.97 Å². The molecule has 0 fully saturated rings. The van der Waals surface area contributed by atoms with Crippen LogP contribution in [0, 0.1) is 0 Å². The van der Waals surface area contributed by atoms with Crippen LogP contribution in [0.4, 0.5) is 5.69 Å². The van der Waals surface area contributed by atoms with Gasteiger partial charge in [0.25, 0.3) is 0 Å². The molecule has 0 amide bonds. The maximum absolute atomic E-state index is 4.90. The Morgan fingerprint density at radius 1 is 0.769 bits per heavy atom. The Hall–Kier alpha value is -3.47. The highest BCUT2D eigenvalue weighted by molar-refractivity contribution is 6.20. The smallest absolute Gasteiger partial charge is 0.138 e. The third-order valence-electron chi connectivity index (χ3n) is 4.73. The first-order valence-electron chi connectivity index (χ1n) is 8.51. The summed E-state index contributed by atoms with van der Waals surface area (Å²) in [5.41, 5.74) is 5.93. The topological polar surface area (TPSA) is 57.7 Å². The van der Waals surface area contributed by atoms with Crippen LogP contribution >= 0.6 is 0 Å². The second-order valence-electron chi connectivity index (χ2n) is 6.55. The molecule has 2 aromatic carbocycles. The number of aromatic amines is 1. The molecule has 0 spiro atoms. The maximum Gasteiger partial charge on any atom is 0.138 e. The first-order chi connectivity index (χ1) is 12.7. The van der Waals surface area contributed by atoms with Gasteiger partial charge in [0.15, 0.2) is 0 Å². The number of aromatic nitrogens is 4. The van der Waals surface area contributed by atoms with Crippen LogP contribution in [0.25, 0.3) is 44.2 Å². The SMILES string of the molecule is CN(C)c1ccc(-c2nc3c4cccnc4c4ncccc4c3[nH]2)cc1. The van der Waals surface area contributed by atoms with Crippen LogP contribution in [0.1, 0.15) is 0 Å². The van der Waals surface area contributed by atoms with Crippen molar-refractivity contribution in [2.75, 3.05) is 19.0 Å². The van der Waals surface area contributed by atoms with E-state index in [9.17, 15) is 0 Å². The first kappa shape index (κ1) is 14.8. The summed E-state index contributed by atoms with van der Waals surface area (Å²) in [4.78, 5) is 19.6. The lowest BCUT2D eigenvalue weighted by atomic mass is 10.1. The lowest BCUT2D eigenvalue weighted by molar-refractivity contribution is 1.13. The predicted octanol–water partition coefficient (Wildman–Crippen LogP) is 4.39. The summed E-state index contributed by atoms with van der Waals surface area (Å²) in [7, 11) is 4.07. The van der Waals surface area contributed by atoms with Crippen LogP contribution in [0.5, 0.6) is 0 Å².